The summed E-state index contributed by atoms with van der Waals surface area (Å²) < 4.78 is 0. The van der Waals surface area contributed by atoms with Gasteiger partial charge in [-0.3, -0.25) is 4.79 Å². The van der Waals surface area contributed by atoms with Crippen molar-refractivity contribution in [1.29, 1.82) is 0 Å². The lowest BCUT2D eigenvalue weighted by Gasteiger charge is -2.12. The molecule has 1 atom stereocenters. The number of fused-ring (bicyclic) bond motifs is 1. The average Bonchev–Trinajstić information content (AvgIpc) is 2.76. The van der Waals surface area contributed by atoms with Crippen LogP contribution in [0.1, 0.15) is 25.5 Å². The fourth-order valence-electron chi connectivity index (χ4n) is 1.83. The number of carbonyl (C=O) groups is 2. The Kier molecular flexibility index (Phi) is 9.90. The summed E-state index contributed by atoms with van der Waals surface area (Å²) >= 11 is 4.24. The molecule has 0 radical (unpaired) electrons. The SMILES string of the molecule is CC.CNC(=O)NC1C(=O)N(C)c2ccccc21.II. The Hall–Kier alpha value is -0.580. The number of urea groups is 1. The van der Waals surface area contributed by atoms with Crippen molar-refractivity contribution in [2.24, 2.45) is 0 Å². The molecule has 1 unspecified atom stereocenters. The highest BCUT2D eigenvalue weighted by atomic mass is 128. The van der Waals surface area contributed by atoms with Crippen LogP contribution in [0.2, 0.25) is 0 Å². The number of hydrogen-bond acceptors (Lipinski definition) is 2. The maximum Gasteiger partial charge on any atom is 0.315 e. The van der Waals surface area contributed by atoms with Gasteiger partial charge in [-0.1, -0.05) is 32.0 Å². The second-order valence-electron chi connectivity index (χ2n) is 3.61. The first kappa shape index (κ1) is 19.4. The molecule has 1 aromatic carbocycles. The summed E-state index contributed by atoms with van der Waals surface area (Å²) in [4.78, 5) is 24.7. The molecule has 5 nitrogen and oxygen atoms in total. The minimum absolute atomic E-state index is 0.121. The largest absolute Gasteiger partial charge is 0.341 e. The average molecular weight is 503 g/mol. The second-order valence-corrected chi connectivity index (χ2v) is 3.61. The zero-order valence-electron chi connectivity index (χ0n) is 11.9. The van der Waals surface area contributed by atoms with Crippen molar-refractivity contribution in [3.05, 3.63) is 29.8 Å². The van der Waals surface area contributed by atoms with Gasteiger partial charge in [0.2, 0.25) is 0 Å². The summed E-state index contributed by atoms with van der Waals surface area (Å²) in [6, 6.07) is 6.48. The third-order valence-corrected chi connectivity index (χ3v) is 2.69. The van der Waals surface area contributed by atoms with Crippen LogP contribution < -0.4 is 15.5 Å². The number of halogens is 2. The number of nitrogens with zero attached hydrogens (tertiary/aromatic N) is 1. The van der Waals surface area contributed by atoms with Crippen molar-refractivity contribution in [3.63, 3.8) is 0 Å². The smallest absolute Gasteiger partial charge is 0.315 e. The van der Waals surface area contributed by atoms with Crippen LogP contribution in [0.4, 0.5) is 10.5 Å². The van der Waals surface area contributed by atoms with E-state index >= 15 is 0 Å². The Morgan fingerprint density at radius 2 is 1.80 bits per heavy atom. The molecule has 0 fully saturated rings. The highest BCUT2D eigenvalue weighted by molar-refractivity contribution is 15.0. The number of amides is 3. The van der Waals surface area contributed by atoms with E-state index in [0.717, 1.165) is 11.3 Å². The molecule has 1 aliphatic heterocycles. The molecule has 2 N–H and O–H groups in total. The summed E-state index contributed by atoms with van der Waals surface area (Å²) in [5.74, 6) is -0.121. The predicted molar refractivity (Wildman–Crippen MR) is 99.6 cm³/mol. The Bertz CT molecular complexity index is 455. The van der Waals surface area contributed by atoms with Gasteiger partial charge in [-0.15, -0.1) is 0 Å². The zero-order chi connectivity index (χ0) is 15.7. The van der Waals surface area contributed by atoms with Crippen LogP contribution in [0, 0.1) is 0 Å². The van der Waals surface area contributed by atoms with Crippen molar-refractivity contribution in [1.82, 2.24) is 10.6 Å². The topological polar surface area (TPSA) is 61.4 Å². The standard InChI is InChI=1S/C11H13N3O2.C2H6.I2/c1-12-11(16)13-9-7-5-3-4-6-8(7)14(2)10(9)15;2*1-2/h3-6,9H,1-2H3,(H2,12,13,16);1-2H3;. The Balaban J connectivity index is 0.000000829. The fourth-order valence-corrected chi connectivity index (χ4v) is 1.83. The first-order chi connectivity index (χ1) is 9.65. The minimum Gasteiger partial charge on any atom is -0.341 e. The van der Waals surface area contributed by atoms with E-state index in [9.17, 15) is 9.59 Å². The zero-order valence-corrected chi connectivity index (χ0v) is 16.2. The third-order valence-electron chi connectivity index (χ3n) is 2.69. The maximum atomic E-state index is 11.9. The van der Waals surface area contributed by atoms with Crippen molar-refractivity contribution in [2.75, 3.05) is 19.0 Å². The molecule has 1 aliphatic rings. The van der Waals surface area contributed by atoms with Gasteiger partial charge >= 0.3 is 6.03 Å². The summed E-state index contributed by atoms with van der Waals surface area (Å²) in [5.41, 5.74) is 1.67. The lowest BCUT2D eigenvalue weighted by atomic mass is 10.1. The van der Waals surface area contributed by atoms with Crippen molar-refractivity contribution in [2.45, 2.75) is 19.9 Å². The number of anilines is 1. The first-order valence-electron chi connectivity index (χ1n) is 6.14. The molecular weight excluding hydrogens is 484 g/mol. The maximum absolute atomic E-state index is 11.9. The number of nitrogens with one attached hydrogen (secondary N) is 2. The van der Waals surface area contributed by atoms with Gasteiger partial charge in [-0.25, -0.2) is 4.79 Å². The third kappa shape index (κ3) is 4.47. The predicted octanol–water partition coefficient (Wildman–Crippen LogP) is 3.43. The van der Waals surface area contributed by atoms with Gasteiger partial charge in [-0.05, 0) is 6.07 Å². The summed E-state index contributed by atoms with van der Waals surface area (Å²) in [5, 5.41) is 5.06. The Morgan fingerprint density at radius 1 is 1.25 bits per heavy atom. The summed E-state index contributed by atoms with van der Waals surface area (Å²) in [6.45, 7) is 4.00. The fraction of sp³-hybridized carbons (Fsp3) is 0.385. The lowest BCUT2D eigenvalue weighted by molar-refractivity contribution is -0.119. The second kappa shape index (κ2) is 10.2. The van der Waals surface area contributed by atoms with Gasteiger partial charge in [-0.2, -0.15) is 0 Å². The number of para-hydroxylation sites is 1. The molecule has 20 heavy (non-hydrogen) atoms. The Labute approximate surface area is 143 Å². The van der Waals surface area contributed by atoms with Crippen molar-refractivity contribution >= 4 is 54.9 Å². The van der Waals surface area contributed by atoms with Crippen molar-refractivity contribution < 1.29 is 9.59 Å². The molecule has 0 spiro atoms. The van der Waals surface area contributed by atoms with Crippen molar-refractivity contribution in [3.8, 4) is 0 Å². The monoisotopic (exact) mass is 503 g/mol. The molecule has 0 saturated heterocycles. The van der Waals surface area contributed by atoms with Gasteiger partial charge in [0, 0.05) is 62.6 Å². The van der Waals surface area contributed by atoms with E-state index in [1.807, 2.05) is 38.1 Å². The summed E-state index contributed by atoms with van der Waals surface area (Å²) in [6.07, 6.45) is 0. The quantitative estimate of drug-likeness (QED) is 0.578. The number of benzene rings is 1. The molecular formula is C13H19I2N3O2. The van der Waals surface area contributed by atoms with Crippen LogP contribution in [0.5, 0.6) is 0 Å². The molecule has 112 valence electrons. The first-order valence-corrected chi connectivity index (χ1v) is 12.4. The van der Waals surface area contributed by atoms with E-state index in [1.54, 1.807) is 11.9 Å². The molecule has 7 heteroatoms. The van der Waals surface area contributed by atoms with Gasteiger partial charge < -0.3 is 15.5 Å². The number of carbonyl (C=O) groups excluding carboxylic acids is 2. The normalized spacial score (nSPS) is 15.2. The number of hydrogen-bond donors (Lipinski definition) is 2. The van der Waals surface area contributed by atoms with Crippen LogP contribution in [-0.2, 0) is 4.79 Å². The van der Waals surface area contributed by atoms with Crippen LogP contribution in [-0.4, -0.2) is 26.0 Å². The summed E-state index contributed by atoms with van der Waals surface area (Å²) in [7, 11) is 3.22. The van der Waals surface area contributed by atoms with Gasteiger partial charge in [0.15, 0.2) is 0 Å². The molecule has 1 heterocycles. The molecule has 0 saturated carbocycles. The molecule has 1 aromatic rings. The minimum atomic E-state index is -0.582. The number of likely N-dealkylation sites (N-methyl/N-ethyl adjacent to an activating group) is 1. The number of rotatable bonds is 1. The van der Waals surface area contributed by atoms with Gasteiger partial charge in [0.25, 0.3) is 5.91 Å². The van der Waals surface area contributed by atoms with E-state index in [2.05, 4.69) is 47.9 Å². The highest BCUT2D eigenvalue weighted by Gasteiger charge is 2.35. The van der Waals surface area contributed by atoms with Crippen LogP contribution >= 0.6 is 37.2 Å². The van der Waals surface area contributed by atoms with Crippen LogP contribution in [0.15, 0.2) is 24.3 Å². The van der Waals surface area contributed by atoms with Crippen LogP contribution in [0.3, 0.4) is 0 Å². The van der Waals surface area contributed by atoms with E-state index in [-0.39, 0.29) is 11.9 Å². The Morgan fingerprint density at radius 3 is 2.35 bits per heavy atom. The molecule has 0 bridgehead atoms. The van der Waals surface area contributed by atoms with Gasteiger partial charge in [0.05, 0.1) is 0 Å². The van der Waals surface area contributed by atoms with E-state index in [1.165, 1.54) is 7.05 Å². The van der Waals surface area contributed by atoms with E-state index in [0.29, 0.717) is 0 Å². The van der Waals surface area contributed by atoms with Crippen LogP contribution in [0.25, 0.3) is 0 Å². The van der Waals surface area contributed by atoms with E-state index < -0.39 is 6.04 Å². The molecule has 3 amide bonds. The lowest BCUT2D eigenvalue weighted by Crippen LogP contribution is -2.40. The van der Waals surface area contributed by atoms with Gasteiger partial charge in [0.1, 0.15) is 6.04 Å². The molecule has 2 rings (SSSR count). The van der Waals surface area contributed by atoms with E-state index in [4.69, 9.17) is 0 Å². The molecule has 0 aliphatic carbocycles. The highest BCUT2D eigenvalue weighted by Crippen LogP contribution is 2.34. The molecule has 0 aromatic heterocycles.